The second kappa shape index (κ2) is 7.48. The lowest BCUT2D eigenvalue weighted by Gasteiger charge is -2.37. The van der Waals surface area contributed by atoms with Crippen molar-refractivity contribution >= 4 is 11.9 Å². The zero-order valence-electron chi connectivity index (χ0n) is 12.2. The van der Waals surface area contributed by atoms with E-state index in [0.717, 1.165) is 19.3 Å². The van der Waals surface area contributed by atoms with Gasteiger partial charge in [-0.1, -0.05) is 13.8 Å². The van der Waals surface area contributed by atoms with E-state index in [1.165, 1.54) is 7.11 Å². The van der Waals surface area contributed by atoms with Gasteiger partial charge in [-0.2, -0.15) is 0 Å². The van der Waals surface area contributed by atoms with Crippen LogP contribution in [0.2, 0.25) is 0 Å². The van der Waals surface area contributed by atoms with Gasteiger partial charge in [0.2, 0.25) is 5.91 Å². The number of carbonyl (C=O) groups is 2. The van der Waals surface area contributed by atoms with Gasteiger partial charge in [0.1, 0.15) is 0 Å². The van der Waals surface area contributed by atoms with Gasteiger partial charge in [-0.15, -0.1) is 0 Å². The number of amides is 1. The van der Waals surface area contributed by atoms with E-state index in [9.17, 15) is 9.59 Å². The first-order chi connectivity index (χ1) is 8.95. The number of likely N-dealkylation sites (tertiary alicyclic amines) is 1. The fourth-order valence-electron chi connectivity index (χ4n) is 2.60. The number of nitrogens with zero attached hydrogens (tertiary/aromatic N) is 1. The Kier molecular flexibility index (Phi) is 6.28. The number of hydrogen-bond acceptors (Lipinski definition) is 4. The standard InChI is InChI=1S/C14H26N2O3/c1-10(2)8-12(15)14(18)16-7-5-4-6-11(16)9-13(17)19-3/h10-12H,4-9,15H2,1-3H3/t11?,12-/m1/s1. The van der Waals surface area contributed by atoms with E-state index in [-0.39, 0.29) is 24.3 Å². The van der Waals surface area contributed by atoms with Crippen LogP contribution in [-0.2, 0) is 14.3 Å². The Morgan fingerprint density at radius 1 is 1.37 bits per heavy atom. The first kappa shape index (κ1) is 16.0. The normalized spacial score (nSPS) is 21.3. The Morgan fingerprint density at radius 3 is 2.63 bits per heavy atom. The first-order valence-corrected chi connectivity index (χ1v) is 7.08. The maximum atomic E-state index is 12.4. The molecule has 0 radical (unpaired) electrons. The summed E-state index contributed by atoms with van der Waals surface area (Å²) in [6, 6.07) is -0.509. The lowest BCUT2D eigenvalue weighted by atomic mass is 9.96. The van der Waals surface area contributed by atoms with Crippen molar-refractivity contribution in [3.05, 3.63) is 0 Å². The summed E-state index contributed by atoms with van der Waals surface area (Å²) >= 11 is 0. The summed E-state index contributed by atoms with van der Waals surface area (Å²) in [4.78, 5) is 25.6. The number of nitrogens with two attached hydrogens (primary N) is 1. The molecule has 1 amide bonds. The smallest absolute Gasteiger partial charge is 0.307 e. The molecule has 0 spiro atoms. The molecule has 0 aliphatic carbocycles. The van der Waals surface area contributed by atoms with Gasteiger partial charge in [0.25, 0.3) is 0 Å². The highest BCUT2D eigenvalue weighted by Crippen LogP contribution is 2.21. The molecule has 1 heterocycles. The lowest BCUT2D eigenvalue weighted by molar-refractivity contribution is -0.145. The Labute approximate surface area is 115 Å². The lowest BCUT2D eigenvalue weighted by Crippen LogP contribution is -2.51. The van der Waals surface area contributed by atoms with Gasteiger partial charge in [0.15, 0.2) is 0 Å². The zero-order chi connectivity index (χ0) is 14.4. The van der Waals surface area contributed by atoms with Crippen molar-refractivity contribution in [1.82, 2.24) is 4.90 Å². The Morgan fingerprint density at radius 2 is 2.05 bits per heavy atom. The molecule has 110 valence electrons. The van der Waals surface area contributed by atoms with Crippen LogP contribution in [0.4, 0.5) is 0 Å². The number of carbonyl (C=O) groups excluding carboxylic acids is 2. The van der Waals surface area contributed by atoms with E-state index < -0.39 is 6.04 Å². The fourth-order valence-corrected chi connectivity index (χ4v) is 2.60. The number of esters is 1. The van der Waals surface area contributed by atoms with Crippen molar-refractivity contribution in [2.24, 2.45) is 11.7 Å². The quantitative estimate of drug-likeness (QED) is 0.764. The van der Waals surface area contributed by atoms with E-state index in [1.807, 2.05) is 0 Å². The van der Waals surface area contributed by atoms with Crippen LogP contribution < -0.4 is 5.73 Å². The molecule has 2 atom stereocenters. The van der Waals surface area contributed by atoms with Crippen LogP contribution in [0.1, 0.15) is 46.0 Å². The summed E-state index contributed by atoms with van der Waals surface area (Å²) < 4.78 is 4.70. The summed E-state index contributed by atoms with van der Waals surface area (Å²) in [7, 11) is 1.38. The molecule has 0 aromatic carbocycles. The molecule has 2 N–H and O–H groups in total. The number of ether oxygens (including phenoxy) is 1. The average Bonchev–Trinajstić information content (AvgIpc) is 2.37. The SMILES string of the molecule is COC(=O)CC1CCCCN1C(=O)[C@H](N)CC(C)C. The molecule has 1 aliphatic rings. The largest absolute Gasteiger partial charge is 0.469 e. The Balaban J connectivity index is 2.65. The van der Waals surface area contributed by atoms with E-state index in [2.05, 4.69) is 13.8 Å². The molecular formula is C14H26N2O3. The van der Waals surface area contributed by atoms with Crippen molar-refractivity contribution in [1.29, 1.82) is 0 Å². The molecular weight excluding hydrogens is 244 g/mol. The molecule has 19 heavy (non-hydrogen) atoms. The maximum absolute atomic E-state index is 12.4. The summed E-state index contributed by atoms with van der Waals surface area (Å²) in [6.07, 6.45) is 3.84. The monoisotopic (exact) mass is 270 g/mol. The molecule has 0 aromatic heterocycles. The van der Waals surface area contributed by atoms with Gasteiger partial charge < -0.3 is 15.4 Å². The second-order valence-electron chi connectivity index (χ2n) is 5.70. The van der Waals surface area contributed by atoms with Crippen LogP contribution in [-0.4, -0.2) is 42.5 Å². The number of hydrogen-bond donors (Lipinski definition) is 1. The predicted molar refractivity (Wildman–Crippen MR) is 73.4 cm³/mol. The summed E-state index contributed by atoms with van der Waals surface area (Å²) in [5, 5.41) is 0. The molecule has 5 nitrogen and oxygen atoms in total. The first-order valence-electron chi connectivity index (χ1n) is 7.08. The third-order valence-corrected chi connectivity index (χ3v) is 3.58. The molecule has 1 saturated heterocycles. The predicted octanol–water partition coefficient (Wildman–Crippen LogP) is 1.30. The second-order valence-corrected chi connectivity index (χ2v) is 5.70. The van der Waals surface area contributed by atoms with Crippen molar-refractivity contribution in [2.45, 2.75) is 58.0 Å². The van der Waals surface area contributed by atoms with Crippen molar-refractivity contribution in [3.8, 4) is 0 Å². The van der Waals surface area contributed by atoms with E-state index in [4.69, 9.17) is 10.5 Å². The van der Waals surface area contributed by atoms with Crippen LogP contribution in [0.25, 0.3) is 0 Å². The Bertz CT molecular complexity index is 318. The minimum absolute atomic E-state index is 0.0256. The van der Waals surface area contributed by atoms with Crippen molar-refractivity contribution in [3.63, 3.8) is 0 Å². The van der Waals surface area contributed by atoms with E-state index >= 15 is 0 Å². The van der Waals surface area contributed by atoms with Gasteiger partial charge in [0, 0.05) is 12.6 Å². The molecule has 0 aromatic rings. The molecule has 1 fully saturated rings. The van der Waals surface area contributed by atoms with Crippen LogP contribution >= 0.6 is 0 Å². The Hall–Kier alpha value is -1.10. The van der Waals surface area contributed by atoms with Crippen LogP contribution in [0.3, 0.4) is 0 Å². The zero-order valence-corrected chi connectivity index (χ0v) is 12.2. The number of rotatable bonds is 5. The maximum Gasteiger partial charge on any atom is 0.307 e. The van der Waals surface area contributed by atoms with Crippen molar-refractivity contribution in [2.75, 3.05) is 13.7 Å². The van der Waals surface area contributed by atoms with Gasteiger partial charge in [-0.3, -0.25) is 9.59 Å². The highest BCUT2D eigenvalue weighted by Gasteiger charge is 2.31. The van der Waals surface area contributed by atoms with Gasteiger partial charge in [-0.05, 0) is 31.6 Å². The highest BCUT2D eigenvalue weighted by atomic mass is 16.5. The number of methoxy groups -OCH3 is 1. The molecule has 0 saturated carbocycles. The van der Waals surface area contributed by atoms with Crippen LogP contribution in [0.15, 0.2) is 0 Å². The van der Waals surface area contributed by atoms with Crippen LogP contribution in [0, 0.1) is 5.92 Å². The van der Waals surface area contributed by atoms with E-state index in [1.54, 1.807) is 4.90 Å². The van der Waals surface area contributed by atoms with Crippen LogP contribution in [0.5, 0.6) is 0 Å². The number of piperidine rings is 1. The average molecular weight is 270 g/mol. The molecule has 1 unspecified atom stereocenters. The molecule has 0 bridgehead atoms. The minimum atomic E-state index is -0.460. The topological polar surface area (TPSA) is 72.6 Å². The van der Waals surface area contributed by atoms with E-state index in [0.29, 0.717) is 18.9 Å². The molecule has 1 rings (SSSR count). The fraction of sp³-hybridized carbons (Fsp3) is 0.857. The summed E-state index contributed by atoms with van der Waals surface area (Å²) in [5.74, 6) is 0.104. The van der Waals surface area contributed by atoms with Gasteiger partial charge >= 0.3 is 5.97 Å². The summed E-state index contributed by atoms with van der Waals surface area (Å²) in [5.41, 5.74) is 5.97. The van der Waals surface area contributed by atoms with Gasteiger partial charge in [-0.25, -0.2) is 0 Å². The third kappa shape index (κ3) is 4.82. The molecule has 5 heteroatoms. The van der Waals surface area contributed by atoms with Gasteiger partial charge in [0.05, 0.1) is 19.6 Å². The summed E-state index contributed by atoms with van der Waals surface area (Å²) in [6.45, 7) is 4.80. The third-order valence-electron chi connectivity index (χ3n) is 3.58. The molecule has 1 aliphatic heterocycles. The minimum Gasteiger partial charge on any atom is -0.469 e. The van der Waals surface area contributed by atoms with Crippen molar-refractivity contribution < 1.29 is 14.3 Å². The highest BCUT2D eigenvalue weighted by molar-refractivity contribution is 5.82.